The third-order valence-electron chi connectivity index (χ3n) is 3.64. The Morgan fingerprint density at radius 3 is 2.71 bits per heavy atom. The molecule has 1 amide bonds. The van der Waals surface area contributed by atoms with Crippen LogP contribution in [-0.2, 0) is 25.4 Å². The Labute approximate surface area is 149 Å². The van der Waals surface area contributed by atoms with Crippen molar-refractivity contribution in [1.29, 1.82) is 0 Å². The Hall–Kier alpha value is -2.43. The molecule has 0 atom stereocenters. The van der Waals surface area contributed by atoms with Crippen LogP contribution in [0.25, 0.3) is 11.2 Å². The lowest BCUT2D eigenvalue weighted by Gasteiger charge is -2.08. The SMILES string of the molecule is Cn1c(=O)c2c(ncn2CC(=O)Nc2cccc(I)c2)n(C)c1=O. The number of rotatable bonds is 3. The number of aromatic nitrogens is 4. The van der Waals surface area contributed by atoms with Gasteiger partial charge < -0.3 is 9.88 Å². The molecule has 0 fully saturated rings. The third-order valence-corrected chi connectivity index (χ3v) is 4.31. The van der Waals surface area contributed by atoms with Gasteiger partial charge in [-0.15, -0.1) is 0 Å². The van der Waals surface area contributed by atoms with Gasteiger partial charge in [-0.3, -0.25) is 18.7 Å². The molecule has 2 aromatic heterocycles. The van der Waals surface area contributed by atoms with Gasteiger partial charge >= 0.3 is 5.69 Å². The molecule has 124 valence electrons. The highest BCUT2D eigenvalue weighted by atomic mass is 127. The lowest BCUT2D eigenvalue weighted by Crippen LogP contribution is -2.37. The van der Waals surface area contributed by atoms with Crippen molar-refractivity contribution >= 4 is 45.3 Å². The molecule has 24 heavy (non-hydrogen) atoms. The van der Waals surface area contributed by atoms with E-state index in [1.165, 1.54) is 29.6 Å². The Kier molecular flexibility index (Phi) is 4.26. The van der Waals surface area contributed by atoms with Crippen molar-refractivity contribution in [3.8, 4) is 0 Å². The zero-order valence-electron chi connectivity index (χ0n) is 13.0. The van der Waals surface area contributed by atoms with E-state index < -0.39 is 11.2 Å². The van der Waals surface area contributed by atoms with Gasteiger partial charge in [0.15, 0.2) is 11.2 Å². The number of halogens is 1. The van der Waals surface area contributed by atoms with Crippen LogP contribution >= 0.6 is 22.6 Å². The summed E-state index contributed by atoms with van der Waals surface area (Å²) in [6.45, 7) is -0.0740. The van der Waals surface area contributed by atoms with Crippen molar-refractivity contribution in [2.45, 2.75) is 6.54 Å². The van der Waals surface area contributed by atoms with Crippen molar-refractivity contribution < 1.29 is 4.79 Å². The van der Waals surface area contributed by atoms with Crippen LogP contribution in [0.2, 0.25) is 0 Å². The molecule has 3 aromatic rings. The van der Waals surface area contributed by atoms with E-state index in [-0.39, 0.29) is 23.6 Å². The lowest BCUT2D eigenvalue weighted by atomic mass is 10.3. The molecule has 0 aliphatic heterocycles. The Morgan fingerprint density at radius 2 is 2.00 bits per heavy atom. The first kappa shape index (κ1) is 16.4. The van der Waals surface area contributed by atoms with Gasteiger partial charge in [-0.1, -0.05) is 6.07 Å². The van der Waals surface area contributed by atoms with Gasteiger partial charge in [0.05, 0.1) is 6.33 Å². The van der Waals surface area contributed by atoms with Crippen LogP contribution in [0.3, 0.4) is 0 Å². The van der Waals surface area contributed by atoms with Crippen LogP contribution in [0.15, 0.2) is 40.2 Å². The second-order valence-electron chi connectivity index (χ2n) is 5.31. The quantitative estimate of drug-likeness (QED) is 0.608. The van der Waals surface area contributed by atoms with Crippen molar-refractivity contribution in [3.63, 3.8) is 0 Å². The number of aryl methyl sites for hydroxylation is 1. The van der Waals surface area contributed by atoms with Crippen molar-refractivity contribution in [2.75, 3.05) is 5.32 Å². The highest BCUT2D eigenvalue weighted by Crippen LogP contribution is 2.13. The zero-order chi connectivity index (χ0) is 17.4. The molecule has 1 N–H and O–H groups in total. The second-order valence-corrected chi connectivity index (χ2v) is 6.55. The average Bonchev–Trinajstić information content (AvgIpc) is 2.94. The number of hydrogen-bond donors (Lipinski definition) is 1. The van der Waals surface area contributed by atoms with Gasteiger partial charge in [0.25, 0.3) is 5.56 Å². The van der Waals surface area contributed by atoms with Gasteiger partial charge in [0, 0.05) is 23.4 Å². The summed E-state index contributed by atoms with van der Waals surface area (Å²) < 4.78 is 4.73. The first-order valence-electron chi connectivity index (χ1n) is 7.04. The van der Waals surface area contributed by atoms with E-state index in [2.05, 4.69) is 32.9 Å². The fourth-order valence-electron chi connectivity index (χ4n) is 2.44. The molecule has 0 saturated heterocycles. The smallest absolute Gasteiger partial charge is 0.325 e. The van der Waals surface area contributed by atoms with E-state index in [1.54, 1.807) is 6.07 Å². The minimum Gasteiger partial charge on any atom is -0.325 e. The van der Waals surface area contributed by atoms with Crippen LogP contribution < -0.4 is 16.6 Å². The van der Waals surface area contributed by atoms with Crippen molar-refractivity contribution in [3.05, 3.63) is 55.0 Å². The van der Waals surface area contributed by atoms with Crippen molar-refractivity contribution in [2.24, 2.45) is 14.1 Å². The highest BCUT2D eigenvalue weighted by molar-refractivity contribution is 14.1. The van der Waals surface area contributed by atoms with Crippen LogP contribution in [0.4, 0.5) is 5.69 Å². The number of nitrogens with zero attached hydrogens (tertiary/aromatic N) is 4. The molecule has 0 radical (unpaired) electrons. The summed E-state index contributed by atoms with van der Waals surface area (Å²) in [5.74, 6) is -0.285. The predicted molar refractivity (Wildman–Crippen MR) is 98.0 cm³/mol. The number of hydrogen-bond acceptors (Lipinski definition) is 4. The minimum atomic E-state index is -0.479. The molecule has 3 rings (SSSR count). The molecule has 0 aliphatic carbocycles. The van der Waals surface area contributed by atoms with Crippen LogP contribution in [-0.4, -0.2) is 24.6 Å². The van der Waals surface area contributed by atoms with E-state index in [1.807, 2.05) is 18.2 Å². The number of nitrogens with one attached hydrogen (secondary N) is 1. The average molecular weight is 439 g/mol. The first-order valence-corrected chi connectivity index (χ1v) is 8.12. The molecule has 2 heterocycles. The fraction of sp³-hybridized carbons (Fsp3) is 0.200. The Morgan fingerprint density at radius 1 is 1.25 bits per heavy atom. The van der Waals surface area contributed by atoms with E-state index in [0.29, 0.717) is 5.69 Å². The van der Waals surface area contributed by atoms with Crippen LogP contribution in [0.5, 0.6) is 0 Å². The van der Waals surface area contributed by atoms with Gasteiger partial charge in [0.2, 0.25) is 5.91 Å². The maximum atomic E-state index is 12.3. The van der Waals surface area contributed by atoms with E-state index >= 15 is 0 Å². The summed E-state index contributed by atoms with van der Waals surface area (Å²) in [5, 5.41) is 2.78. The molecule has 0 unspecified atom stereocenters. The minimum absolute atomic E-state index is 0.0740. The maximum Gasteiger partial charge on any atom is 0.332 e. The van der Waals surface area contributed by atoms with Gasteiger partial charge in [-0.2, -0.15) is 0 Å². The molecular weight excluding hydrogens is 425 g/mol. The lowest BCUT2D eigenvalue weighted by molar-refractivity contribution is -0.116. The number of fused-ring (bicyclic) bond motifs is 1. The summed E-state index contributed by atoms with van der Waals surface area (Å²) >= 11 is 2.16. The molecule has 0 saturated carbocycles. The Bertz CT molecular complexity index is 1060. The van der Waals surface area contributed by atoms with Crippen molar-refractivity contribution in [1.82, 2.24) is 18.7 Å². The van der Waals surface area contributed by atoms with E-state index in [4.69, 9.17) is 0 Å². The summed E-state index contributed by atoms with van der Waals surface area (Å²) in [4.78, 5) is 40.6. The topological polar surface area (TPSA) is 90.9 Å². The molecule has 9 heteroatoms. The molecule has 0 bridgehead atoms. The summed E-state index contributed by atoms with van der Waals surface area (Å²) in [7, 11) is 2.93. The monoisotopic (exact) mass is 439 g/mol. The molecule has 1 aromatic carbocycles. The number of anilines is 1. The second kappa shape index (κ2) is 6.23. The molecule has 8 nitrogen and oxygen atoms in total. The number of amides is 1. The third kappa shape index (κ3) is 2.86. The Balaban J connectivity index is 1.95. The maximum absolute atomic E-state index is 12.3. The van der Waals surface area contributed by atoms with Gasteiger partial charge in [-0.05, 0) is 40.8 Å². The highest BCUT2D eigenvalue weighted by Gasteiger charge is 2.15. The van der Waals surface area contributed by atoms with E-state index in [0.717, 1.165) is 8.14 Å². The van der Waals surface area contributed by atoms with Crippen LogP contribution in [0, 0.1) is 3.57 Å². The zero-order valence-corrected chi connectivity index (χ0v) is 15.1. The molecular formula is C15H14IN5O3. The normalized spacial score (nSPS) is 11.0. The number of carbonyl (C=O) groups excluding carboxylic acids is 1. The fourth-order valence-corrected chi connectivity index (χ4v) is 2.98. The standard InChI is InChI=1S/C15H14IN5O3/c1-19-13-12(14(23)20(2)15(19)24)21(8-17-13)7-11(22)18-10-5-3-4-9(16)6-10/h3-6,8H,7H2,1-2H3,(H,18,22). The van der Waals surface area contributed by atoms with E-state index in [9.17, 15) is 14.4 Å². The van der Waals surface area contributed by atoms with Gasteiger partial charge in [-0.25, -0.2) is 9.78 Å². The first-order chi connectivity index (χ1) is 11.4. The van der Waals surface area contributed by atoms with Gasteiger partial charge in [0.1, 0.15) is 6.54 Å². The molecule has 0 spiro atoms. The largest absolute Gasteiger partial charge is 0.332 e. The number of imidazole rings is 1. The summed E-state index contributed by atoms with van der Waals surface area (Å²) in [5.41, 5.74) is 0.216. The predicted octanol–water partition coefficient (Wildman–Crippen LogP) is 0.677. The summed E-state index contributed by atoms with van der Waals surface area (Å²) in [6, 6.07) is 7.39. The number of benzene rings is 1. The van der Waals surface area contributed by atoms with Crippen LogP contribution in [0.1, 0.15) is 0 Å². The summed E-state index contributed by atoms with van der Waals surface area (Å²) in [6.07, 6.45) is 1.39. The molecule has 0 aliphatic rings. The number of carbonyl (C=O) groups is 1.